The first-order chi connectivity index (χ1) is 14.2. The Morgan fingerprint density at radius 1 is 0.862 bits per heavy atom. The van der Waals surface area contributed by atoms with Crippen molar-refractivity contribution < 1.29 is 0 Å². The van der Waals surface area contributed by atoms with E-state index >= 15 is 0 Å². The second-order valence-corrected chi connectivity index (χ2v) is 7.22. The van der Waals surface area contributed by atoms with Crippen molar-refractivity contribution in [2.45, 2.75) is 26.2 Å². The molecule has 2 N–H and O–H groups in total. The third-order valence-electron chi connectivity index (χ3n) is 4.96. The molecule has 29 heavy (non-hydrogen) atoms. The number of nitrogens with zero attached hydrogens (tertiary/aromatic N) is 4. The number of anilines is 5. The Balaban J connectivity index is 1.48. The number of nitriles is 1. The molecular formula is C23H24N6. The predicted octanol–water partition coefficient (Wildman–Crippen LogP) is 5.13. The molecule has 4 rings (SSSR count). The van der Waals surface area contributed by atoms with Crippen molar-refractivity contribution in [3.05, 3.63) is 66.0 Å². The van der Waals surface area contributed by atoms with Crippen molar-refractivity contribution in [2.24, 2.45) is 0 Å². The first kappa shape index (κ1) is 18.8. The molecule has 146 valence electrons. The summed E-state index contributed by atoms with van der Waals surface area (Å²) in [6.07, 6.45) is 3.88. The molecule has 1 aliphatic heterocycles. The van der Waals surface area contributed by atoms with Crippen LogP contribution in [-0.4, -0.2) is 23.1 Å². The maximum absolute atomic E-state index is 9.07. The second kappa shape index (κ2) is 8.61. The zero-order valence-electron chi connectivity index (χ0n) is 16.5. The lowest BCUT2D eigenvalue weighted by Gasteiger charge is -2.28. The molecule has 1 aromatic heterocycles. The van der Waals surface area contributed by atoms with Gasteiger partial charge in [0.1, 0.15) is 17.5 Å². The minimum atomic E-state index is 0.605. The van der Waals surface area contributed by atoms with E-state index in [4.69, 9.17) is 5.26 Å². The summed E-state index contributed by atoms with van der Waals surface area (Å²) in [6, 6.07) is 19.8. The largest absolute Gasteiger partial charge is 0.372 e. The number of aryl methyl sites for hydroxylation is 1. The third-order valence-corrected chi connectivity index (χ3v) is 4.96. The van der Waals surface area contributed by atoms with Gasteiger partial charge < -0.3 is 15.5 Å². The first-order valence-electron chi connectivity index (χ1n) is 9.94. The molecule has 1 aliphatic rings. The SMILES string of the molecule is Cc1nc(Nc2ccc(N3CCCCC3)cc2)cc(Nc2cccc(C#N)c2)n1. The van der Waals surface area contributed by atoms with E-state index in [0.29, 0.717) is 17.2 Å². The summed E-state index contributed by atoms with van der Waals surface area (Å²) in [5, 5.41) is 15.7. The zero-order chi connectivity index (χ0) is 20.1. The standard InChI is InChI=1S/C23H24N6/c1-17-25-22(15-23(26-17)28-20-7-5-6-18(14-20)16-24)27-19-8-10-21(11-9-19)29-12-3-2-4-13-29/h5-11,14-15H,2-4,12-13H2,1H3,(H2,25,26,27,28). The molecule has 0 atom stereocenters. The van der Waals surface area contributed by atoms with Crippen LogP contribution in [0.15, 0.2) is 54.6 Å². The molecule has 1 saturated heterocycles. The summed E-state index contributed by atoms with van der Waals surface area (Å²) in [7, 11) is 0. The number of benzene rings is 2. The average molecular weight is 384 g/mol. The van der Waals surface area contributed by atoms with Gasteiger partial charge in [0.25, 0.3) is 0 Å². The molecule has 6 heteroatoms. The van der Waals surface area contributed by atoms with Gasteiger partial charge in [-0.1, -0.05) is 6.07 Å². The highest BCUT2D eigenvalue weighted by Gasteiger charge is 2.11. The highest BCUT2D eigenvalue weighted by Crippen LogP contribution is 2.24. The van der Waals surface area contributed by atoms with Crippen molar-refractivity contribution >= 4 is 28.7 Å². The van der Waals surface area contributed by atoms with Gasteiger partial charge >= 0.3 is 0 Å². The normalized spacial score (nSPS) is 13.6. The molecule has 0 saturated carbocycles. The Hall–Kier alpha value is -3.59. The molecule has 2 aromatic carbocycles. The van der Waals surface area contributed by atoms with Gasteiger partial charge in [0.15, 0.2) is 0 Å². The predicted molar refractivity (Wildman–Crippen MR) is 117 cm³/mol. The molecule has 0 radical (unpaired) electrons. The molecule has 0 amide bonds. The number of aromatic nitrogens is 2. The van der Waals surface area contributed by atoms with Crippen LogP contribution in [0.4, 0.5) is 28.7 Å². The maximum Gasteiger partial charge on any atom is 0.136 e. The van der Waals surface area contributed by atoms with Crippen LogP contribution >= 0.6 is 0 Å². The van der Waals surface area contributed by atoms with E-state index in [0.717, 1.165) is 30.3 Å². The number of nitrogens with one attached hydrogen (secondary N) is 2. The van der Waals surface area contributed by atoms with Crippen molar-refractivity contribution in [2.75, 3.05) is 28.6 Å². The maximum atomic E-state index is 9.07. The van der Waals surface area contributed by atoms with Crippen LogP contribution in [0.2, 0.25) is 0 Å². The molecule has 0 unspecified atom stereocenters. The summed E-state index contributed by atoms with van der Waals surface area (Å²) in [6.45, 7) is 4.14. The Bertz CT molecular complexity index is 1020. The van der Waals surface area contributed by atoms with Gasteiger partial charge in [-0.05, 0) is 68.7 Å². The highest BCUT2D eigenvalue weighted by molar-refractivity contribution is 5.65. The van der Waals surface area contributed by atoms with Crippen molar-refractivity contribution in [1.82, 2.24) is 9.97 Å². The van der Waals surface area contributed by atoms with Crippen LogP contribution < -0.4 is 15.5 Å². The van der Waals surface area contributed by atoms with Gasteiger partial charge in [-0.2, -0.15) is 5.26 Å². The van der Waals surface area contributed by atoms with Crippen LogP contribution in [0.25, 0.3) is 0 Å². The van der Waals surface area contributed by atoms with E-state index < -0.39 is 0 Å². The Morgan fingerprint density at radius 2 is 1.55 bits per heavy atom. The van der Waals surface area contributed by atoms with Crippen molar-refractivity contribution in [1.29, 1.82) is 5.26 Å². The van der Waals surface area contributed by atoms with Gasteiger partial charge in [-0.3, -0.25) is 0 Å². The van der Waals surface area contributed by atoms with Crippen LogP contribution in [0.5, 0.6) is 0 Å². The number of rotatable bonds is 5. The van der Waals surface area contributed by atoms with Gasteiger partial charge in [0.05, 0.1) is 11.6 Å². The lowest BCUT2D eigenvalue weighted by molar-refractivity contribution is 0.578. The second-order valence-electron chi connectivity index (χ2n) is 7.22. The Morgan fingerprint density at radius 3 is 2.24 bits per heavy atom. The van der Waals surface area contributed by atoms with Gasteiger partial charge in [0, 0.05) is 36.2 Å². The Labute approximate surface area is 171 Å². The van der Waals surface area contributed by atoms with E-state index in [-0.39, 0.29) is 0 Å². The zero-order valence-corrected chi connectivity index (χ0v) is 16.5. The van der Waals surface area contributed by atoms with E-state index in [1.54, 1.807) is 12.1 Å². The van der Waals surface area contributed by atoms with E-state index in [1.165, 1.54) is 24.9 Å². The lowest BCUT2D eigenvalue weighted by atomic mass is 10.1. The monoisotopic (exact) mass is 384 g/mol. The van der Waals surface area contributed by atoms with Crippen molar-refractivity contribution in [3.8, 4) is 6.07 Å². The average Bonchev–Trinajstić information content (AvgIpc) is 2.75. The molecule has 0 aliphatic carbocycles. The van der Waals surface area contributed by atoms with Gasteiger partial charge in [0.2, 0.25) is 0 Å². The first-order valence-corrected chi connectivity index (χ1v) is 9.94. The molecule has 0 bridgehead atoms. The van der Waals surface area contributed by atoms with E-state index in [1.807, 2.05) is 25.1 Å². The molecular weight excluding hydrogens is 360 g/mol. The molecule has 2 heterocycles. The van der Waals surface area contributed by atoms with Gasteiger partial charge in [-0.15, -0.1) is 0 Å². The van der Waals surface area contributed by atoms with E-state index in [9.17, 15) is 0 Å². The molecule has 3 aromatic rings. The Kier molecular flexibility index (Phi) is 5.57. The lowest BCUT2D eigenvalue weighted by Crippen LogP contribution is -2.29. The number of piperidine rings is 1. The minimum absolute atomic E-state index is 0.605. The summed E-state index contributed by atoms with van der Waals surface area (Å²) in [5.74, 6) is 2.07. The minimum Gasteiger partial charge on any atom is -0.372 e. The number of hydrogen-bond acceptors (Lipinski definition) is 6. The smallest absolute Gasteiger partial charge is 0.136 e. The summed E-state index contributed by atoms with van der Waals surface area (Å²) >= 11 is 0. The molecule has 1 fully saturated rings. The topological polar surface area (TPSA) is 76.9 Å². The van der Waals surface area contributed by atoms with Crippen LogP contribution in [0.1, 0.15) is 30.7 Å². The summed E-state index contributed by atoms with van der Waals surface area (Å²) < 4.78 is 0. The quantitative estimate of drug-likeness (QED) is 0.635. The van der Waals surface area contributed by atoms with Crippen molar-refractivity contribution in [3.63, 3.8) is 0 Å². The fraction of sp³-hybridized carbons (Fsp3) is 0.261. The number of hydrogen-bond donors (Lipinski definition) is 2. The van der Waals surface area contributed by atoms with Gasteiger partial charge in [-0.25, -0.2) is 9.97 Å². The van der Waals surface area contributed by atoms with Crippen LogP contribution in [-0.2, 0) is 0 Å². The fourth-order valence-corrected chi connectivity index (χ4v) is 3.57. The third kappa shape index (κ3) is 4.82. The summed E-state index contributed by atoms with van der Waals surface area (Å²) in [5.41, 5.74) is 3.68. The summed E-state index contributed by atoms with van der Waals surface area (Å²) in [4.78, 5) is 11.4. The van der Waals surface area contributed by atoms with E-state index in [2.05, 4.69) is 55.8 Å². The van der Waals surface area contributed by atoms with Crippen LogP contribution in [0, 0.1) is 18.3 Å². The fourth-order valence-electron chi connectivity index (χ4n) is 3.57. The molecule has 0 spiro atoms. The van der Waals surface area contributed by atoms with Crippen LogP contribution in [0.3, 0.4) is 0 Å². The highest BCUT2D eigenvalue weighted by atomic mass is 15.1. The molecule has 6 nitrogen and oxygen atoms in total.